The van der Waals surface area contributed by atoms with Gasteiger partial charge in [0.25, 0.3) is 0 Å². The molecule has 1 unspecified atom stereocenters. The van der Waals surface area contributed by atoms with E-state index >= 15 is 0 Å². The third kappa shape index (κ3) is 3.33. The first kappa shape index (κ1) is 17.1. The van der Waals surface area contributed by atoms with E-state index < -0.39 is 0 Å². The molecule has 0 amide bonds. The molecule has 6 heteroatoms. The summed E-state index contributed by atoms with van der Waals surface area (Å²) in [5, 5.41) is 12.9. The van der Waals surface area contributed by atoms with E-state index in [4.69, 9.17) is 4.98 Å². The first-order valence-electron chi connectivity index (χ1n) is 9.33. The molecule has 138 valence electrons. The first-order chi connectivity index (χ1) is 12.5. The summed E-state index contributed by atoms with van der Waals surface area (Å²) in [4.78, 5) is 14.1. The van der Waals surface area contributed by atoms with Gasteiger partial charge in [-0.25, -0.2) is 4.98 Å². The van der Waals surface area contributed by atoms with Gasteiger partial charge in [0.2, 0.25) is 5.95 Å². The van der Waals surface area contributed by atoms with Crippen LogP contribution < -0.4 is 10.2 Å². The van der Waals surface area contributed by atoms with Crippen LogP contribution >= 0.6 is 0 Å². The minimum atomic E-state index is 0.227. The van der Waals surface area contributed by atoms with Crippen LogP contribution in [0.1, 0.15) is 18.5 Å². The second kappa shape index (κ2) is 6.76. The van der Waals surface area contributed by atoms with Gasteiger partial charge < -0.3 is 20.2 Å². The Morgan fingerprint density at radius 3 is 2.50 bits per heavy atom. The molecule has 2 heterocycles. The third-order valence-electron chi connectivity index (χ3n) is 5.65. The summed E-state index contributed by atoms with van der Waals surface area (Å²) >= 11 is 0. The zero-order valence-corrected chi connectivity index (χ0v) is 15.7. The van der Waals surface area contributed by atoms with Crippen molar-refractivity contribution in [1.29, 1.82) is 0 Å². The van der Waals surface area contributed by atoms with E-state index in [1.165, 1.54) is 12.8 Å². The van der Waals surface area contributed by atoms with Crippen LogP contribution in [0.15, 0.2) is 30.3 Å². The van der Waals surface area contributed by atoms with Gasteiger partial charge in [-0.2, -0.15) is 4.98 Å². The van der Waals surface area contributed by atoms with Crippen molar-refractivity contribution < 1.29 is 5.11 Å². The molecule has 1 aliphatic carbocycles. The van der Waals surface area contributed by atoms with Crippen LogP contribution in [-0.2, 0) is 0 Å². The highest BCUT2D eigenvalue weighted by molar-refractivity contribution is 5.57. The van der Waals surface area contributed by atoms with Gasteiger partial charge in [-0.3, -0.25) is 0 Å². The molecule has 2 bridgehead atoms. The Bertz CT molecular complexity index is 780. The zero-order chi connectivity index (χ0) is 18.3. The summed E-state index contributed by atoms with van der Waals surface area (Å²) in [7, 11) is 4.41. The van der Waals surface area contributed by atoms with Crippen molar-refractivity contribution in [2.75, 3.05) is 37.4 Å². The Kier molecular flexibility index (Phi) is 4.44. The Hall–Kier alpha value is -2.34. The van der Waals surface area contributed by atoms with Crippen LogP contribution in [0.5, 0.6) is 5.75 Å². The largest absolute Gasteiger partial charge is 0.508 e. The molecule has 1 aliphatic heterocycles. The normalized spacial score (nSPS) is 24.9. The number of hydrogen-bond donors (Lipinski definition) is 2. The number of anilines is 3. The molecule has 0 radical (unpaired) electrons. The van der Waals surface area contributed by atoms with E-state index in [1.54, 1.807) is 18.2 Å². The number of fused-ring (bicyclic) bond motifs is 2. The molecule has 1 aromatic heterocycles. The fraction of sp³-hybridized carbons (Fsp3) is 0.500. The van der Waals surface area contributed by atoms with E-state index in [2.05, 4.69) is 40.3 Å². The van der Waals surface area contributed by atoms with Crippen molar-refractivity contribution in [2.45, 2.75) is 25.8 Å². The van der Waals surface area contributed by atoms with Crippen molar-refractivity contribution in [2.24, 2.45) is 11.8 Å². The SMILES string of the molecule is Cc1cc(N2C[C@H]3CC[C@@H](C2)C3N(C)C)nc(Nc2cccc(O)c2)n1. The van der Waals surface area contributed by atoms with E-state index in [0.717, 1.165) is 30.3 Å². The predicted molar refractivity (Wildman–Crippen MR) is 104 cm³/mol. The number of phenolic OH excluding ortho intramolecular Hbond substituents is 1. The zero-order valence-electron chi connectivity index (χ0n) is 15.7. The Morgan fingerprint density at radius 1 is 1.12 bits per heavy atom. The minimum Gasteiger partial charge on any atom is -0.508 e. The molecule has 1 saturated heterocycles. The van der Waals surface area contributed by atoms with Gasteiger partial charge in [0.05, 0.1) is 0 Å². The second-order valence-corrected chi connectivity index (χ2v) is 7.82. The van der Waals surface area contributed by atoms with E-state index in [1.807, 2.05) is 13.0 Å². The first-order valence-corrected chi connectivity index (χ1v) is 9.33. The summed E-state index contributed by atoms with van der Waals surface area (Å²) in [5.74, 6) is 3.22. The van der Waals surface area contributed by atoms with E-state index in [-0.39, 0.29) is 5.75 Å². The van der Waals surface area contributed by atoms with Gasteiger partial charge in [-0.15, -0.1) is 0 Å². The van der Waals surface area contributed by atoms with Crippen molar-refractivity contribution in [3.05, 3.63) is 36.0 Å². The number of aryl methyl sites for hydroxylation is 1. The second-order valence-electron chi connectivity index (χ2n) is 7.82. The fourth-order valence-electron chi connectivity index (χ4n) is 4.71. The molecule has 2 N–H and O–H groups in total. The van der Waals surface area contributed by atoms with Crippen LogP contribution in [0, 0.1) is 18.8 Å². The van der Waals surface area contributed by atoms with Crippen LogP contribution in [0.25, 0.3) is 0 Å². The number of nitrogens with zero attached hydrogens (tertiary/aromatic N) is 4. The molecule has 3 atom stereocenters. The van der Waals surface area contributed by atoms with E-state index in [0.29, 0.717) is 23.8 Å². The van der Waals surface area contributed by atoms with Crippen molar-refractivity contribution in [1.82, 2.24) is 14.9 Å². The molecule has 0 spiro atoms. The Morgan fingerprint density at radius 2 is 1.85 bits per heavy atom. The third-order valence-corrected chi connectivity index (χ3v) is 5.65. The number of rotatable bonds is 4. The highest BCUT2D eigenvalue weighted by Crippen LogP contribution is 2.40. The van der Waals surface area contributed by atoms with Gasteiger partial charge in [0.15, 0.2) is 0 Å². The maximum absolute atomic E-state index is 9.65. The lowest BCUT2D eigenvalue weighted by molar-refractivity contribution is 0.171. The summed E-state index contributed by atoms with van der Waals surface area (Å²) in [6.45, 7) is 4.11. The Labute approximate surface area is 154 Å². The molecule has 1 aromatic carbocycles. The molecule has 6 nitrogen and oxygen atoms in total. The van der Waals surface area contributed by atoms with Crippen LogP contribution in [0.3, 0.4) is 0 Å². The number of hydrogen-bond acceptors (Lipinski definition) is 6. The molecular formula is C20H27N5O. The summed E-state index contributed by atoms with van der Waals surface area (Å²) in [5.41, 5.74) is 1.73. The smallest absolute Gasteiger partial charge is 0.229 e. The van der Waals surface area contributed by atoms with Crippen molar-refractivity contribution in [3.63, 3.8) is 0 Å². The van der Waals surface area contributed by atoms with Crippen LogP contribution in [0.4, 0.5) is 17.5 Å². The predicted octanol–water partition coefficient (Wildman–Crippen LogP) is 3.01. The average Bonchev–Trinajstić information content (AvgIpc) is 2.85. The lowest BCUT2D eigenvalue weighted by atomic mass is 9.91. The highest BCUT2D eigenvalue weighted by atomic mass is 16.3. The standard InChI is InChI=1S/C20H27N5O/c1-13-9-18(23-20(21-13)22-16-5-4-6-17(26)10-16)25-11-14-7-8-15(12-25)19(14)24(2)3/h4-6,9-10,14-15,19,26H,7-8,11-12H2,1-3H3,(H,21,22,23)/t14-,15+,19?. The monoisotopic (exact) mass is 353 g/mol. The van der Waals surface area contributed by atoms with Gasteiger partial charge >= 0.3 is 0 Å². The van der Waals surface area contributed by atoms with Gasteiger partial charge in [0, 0.05) is 42.6 Å². The molecule has 2 fully saturated rings. The fourth-order valence-corrected chi connectivity index (χ4v) is 4.71. The van der Waals surface area contributed by atoms with E-state index in [9.17, 15) is 5.11 Å². The number of phenols is 1. The van der Waals surface area contributed by atoms with Gasteiger partial charge in [0.1, 0.15) is 11.6 Å². The number of benzene rings is 1. The maximum Gasteiger partial charge on any atom is 0.229 e. The highest BCUT2D eigenvalue weighted by Gasteiger charge is 2.43. The molecule has 2 aliphatic rings. The molecule has 4 rings (SSSR count). The van der Waals surface area contributed by atoms with Crippen molar-refractivity contribution in [3.8, 4) is 5.75 Å². The van der Waals surface area contributed by atoms with Crippen LogP contribution in [0.2, 0.25) is 0 Å². The average molecular weight is 353 g/mol. The Balaban J connectivity index is 1.55. The van der Waals surface area contributed by atoms with Crippen LogP contribution in [-0.4, -0.2) is 53.2 Å². The summed E-state index contributed by atoms with van der Waals surface area (Å²) < 4.78 is 0. The molecule has 1 saturated carbocycles. The minimum absolute atomic E-state index is 0.227. The molecule has 2 aromatic rings. The number of piperidine rings is 1. The summed E-state index contributed by atoms with van der Waals surface area (Å²) in [6.07, 6.45) is 2.62. The quantitative estimate of drug-likeness (QED) is 0.881. The van der Waals surface area contributed by atoms with Crippen molar-refractivity contribution >= 4 is 17.5 Å². The van der Waals surface area contributed by atoms with Gasteiger partial charge in [-0.05, 0) is 57.8 Å². The molecular weight excluding hydrogens is 326 g/mol. The van der Waals surface area contributed by atoms with Gasteiger partial charge in [-0.1, -0.05) is 6.07 Å². The summed E-state index contributed by atoms with van der Waals surface area (Å²) in [6, 6.07) is 9.79. The topological polar surface area (TPSA) is 64.5 Å². The molecule has 26 heavy (non-hydrogen) atoms. The number of aromatic nitrogens is 2. The maximum atomic E-state index is 9.65. The number of nitrogens with one attached hydrogen (secondary N) is 1. The lowest BCUT2D eigenvalue weighted by Gasteiger charge is -2.41. The lowest BCUT2D eigenvalue weighted by Crippen LogP contribution is -2.50. The number of aromatic hydroxyl groups is 1.